The van der Waals surface area contributed by atoms with Crippen LogP contribution in [0.4, 0.5) is 14.5 Å². The highest BCUT2D eigenvalue weighted by Gasteiger charge is 2.75. The molecule has 0 radical (unpaired) electrons. The largest absolute Gasteiger partial charge is 0.492 e. The number of pyridine rings is 1. The number of ketones is 2. The molecule has 65 heavy (non-hydrogen) atoms. The van der Waals surface area contributed by atoms with Gasteiger partial charge in [-0.2, -0.15) is 0 Å². The van der Waals surface area contributed by atoms with Crippen LogP contribution in [0.25, 0.3) is 10.9 Å². The molecule has 10 rings (SSSR count). The first-order valence-electron chi connectivity index (χ1n) is 23.8. The van der Waals surface area contributed by atoms with Crippen molar-refractivity contribution in [2.75, 3.05) is 38.3 Å². The molecule has 4 saturated carbocycles. The minimum atomic E-state index is -2.07. The number of nitrogens with one attached hydrogen (secondary N) is 1. The lowest BCUT2D eigenvalue weighted by Gasteiger charge is -2.62. The van der Waals surface area contributed by atoms with Gasteiger partial charge in [0.2, 0.25) is 5.43 Å². The molecule has 2 saturated heterocycles. The van der Waals surface area contributed by atoms with Crippen LogP contribution in [0.2, 0.25) is 0 Å². The fraction of sp³-hybridized carbons (Fsp3) is 0.577. The Hall–Kier alpha value is -4.72. The third kappa shape index (κ3) is 6.63. The fourth-order valence-corrected chi connectivity index (χ4v) is 13.9. The second-order valence-corrected chi connectivity index (χ2v) is 20.8. The highest BCUT2D eigenvalue weighted by molar-refractivity contribution is 6.01. The molecule has 0 bridgehead atoms. The summed E-state index contributed by atoms with van der Waals surface area (Å²) in [5.41, 5.74) is -3.89. The van der Waals surface area contributed by atoms with E-state index < -0.39 is 57.3 Å². The van der Waals surface area contributed by atoms with Gasteiger partial charge in [-0.3, -0.25) is 14.4 Å². The zero-order valence-electron chi connectivity index (χ0n) is 37.8. The van der Waals surface area contributed by atoms with E-state index >= 15 is 8.78 Å². The molecule has 0 unspecified atom stereocenters. The summed E-state index contributed by atoms with van der Waals surface area (Å²) < 4.78 is 47.4. The van der Waals surface area contributed by atoms with Gasteiger partial charge in [-0.15, -0.1) is 0 Å². The normalized spacial score (nSPS) is 35.0. The number of allylic oxidation sites excluding steroid dienone is 4. The third-order valence-corrected chi connectivity index (χ3v) is 17.4. The summed E-state index contributed by atoms with van der Waals surface area (Å²) in [6.45, 7) is 7.69. The van der Waals surface area contributed by atoms with Crippen LogP contribution in [0.5, 0.6) is 5.75 Å². The van der Waals surface area contributed by atoms with E-state index in [-0.39, 0.29) is 60.0 Å². The van der Waals surface area contributed by atoms with Crippen LogP contribution in [0.3, 0.4) is 0 Å². The number of aryl methyl sites for hydroxylation is 1. The van der Waals surface area contributed by atoms with Gasteiger partial charge in [0.05, 0.1) is 30.7 Å². The van der Waals surface area contributed by atoms with Crippen LogP contribution in [0.1, 0.15) is 106 Å². The van der Waals surface area contributed by atoms with E-state index in [0.717, 1.165) is 37.8 Å². The number of rotatable bonds is 11. The Balaban J connectivity index is 0.836. The molecule has 346 valence electrons. The summed E-state index contributed by atoms with van der Waals surface area (Å²) in [6, 6.07) is 8.97. The van der Waals surface area contributed by atoms with Crippen molar-refractivity contribution in [1.29, 1.82) is 0 Å². The van der Waals surface area contributed by atoms with Gasteiger partial charge in [-0.05, 0) is 125 Å². The van der Waals surface area contributed by atoms with Gasteiger partial charge in [0, 0.05) is 54.5 Å². The molecule has 7 aliphatic rings. The molecule has 1 aromatic heterocycles. The van der Waals surface area contributed by atoms with E-state index in [4.69, 9.17) is 9.47 Å². The average Bonchev–Trinajstić information content (AvgIpc) is 4.00. The van der Waals surface area contributed by atoms with Gasteiger partial charge < -0.3 is 34.5 Å². The number of fused-ring (bicyclic) bond motifs is 7. The van der Waals surface area contributed by atoms with E-state index in [9.17, 15) is 29.4 Å². The van der Waals surface area contributed by atoms with Gasteiger partial charge >= 0.3 is 5.97 Å². The average molecular weight is 894 g/mol. The number of Topliss-reactive ketones (excluding diaryl/α,β-unsaturated/α-hetero) is 1. The molecule has 5 aliphatic carbocycles. The zero-order valence-corrected chi connectivity index (χ0v) is 37.8. The molecule has 10 atom stereocenters. The highest BCUT2D eigenvalue weighted by atomic mass is 19.1. The predicted molar refractivity (Wildman–Crippen MR) is 241 cm³/mol. The van der Waals surface area contributed by atoms with E-state index in [2.05, 4.69) is 5.32 Å². The maximum atomic E-state index is 17.7. The maximum Gasteiger partial charge on any atom is 0.343 e. The number of hydrogen-bond donors (Lipinski definition) is 3. The number of halogens is 2. The minimum absolute atomic E-state index is 0.0197. The molecule has 3 N–H and O–H groups in total. The molecule has 6 fully saturated rings. The van der Waals surface area contributed by atoms with Gasteiger partial charge in [-0.25, -0.2) is 13.6 Å². The number of esters is 1. The summed E-state index contributed by atoms with van der Waals surface area (Å²) >= 11 is 0. The molecule has 2 aliphatic heterocycles. The van der Waals surface area contributed by atoms with Crippen molar-refractivity contribution in [2.45, 2.75) is 121 Å². The quantitative estimate of drug-likeness (QED) is 0.137. The Morgan fingerprint density at radius 1 is 1.05 bits per heavy atom. The number of alkyl halides is 1. The van der Waals surface area contributed by atoms with Crippen LogP contribution >= 0.6 is 0 Å². The van der Waals surface area contributed by atoms with E-state index in [1.807, 2.05) is 47.6 Å². The smallest absolute Gasteiger partial charge is 0.343 e. The first-order chi connectivity index (χ1) is 31.0. The summed E-state index contributed by atoms with van der Waals surface area (Å²) in [5, 5.41) is 28.1. The van der Waals surface area contributed by atoms with Gasteiger partial charge in [0.15, 0.2) is 28.8 Å². The van der Waals surface area contributed by atoms with Crippen LogP contribution in [0, 0.1) is 40.3 Å². The van der Waals surface area contributed by atoms with Crippen molar-refractivity contribution in [2.24, 2.45) is 34.5 Å². The van der Waals surface area contributed by atoms with Crippen LogP contribution < -0.4 is 20.4 Å². The second-order valence-electron chi connectivity index (χ2n) is 20.8. The monoisotopic (exact) mass is 893 g/mol. The minimum Gasteiger partial charge on any atom is -0.492 e. The molecule has 0 spiro atoms. The van der Waals surface area contributed by atoms with Crippen molar-refractivity contribution in [3.8, 4) is 5.75 Å². The topological polar surface area (TPSA) is 147 Å². The van der Waals surface area contributed by atoms with Crippen molar-refractivity contribution < 1.29 is 42.9 Å². The number of benzene rings is 2. The molecule has 3 heterocycles. The lowest BCUT2D eigenvalue weighted by atomic mass is 9.44. The zero-order chi connectivity index (χ0) is 45.8. The molecule has 11 nitrogen and oxygen atoms in total. The maximum absolute atomic E-state index is 17.7. The number of anilines is 1. The van der Waals surface area contributed by atoms with Crippen LogP contribution in [-0.2, 0) is 27.2 Å². The van der Waals surface area contributed by atoms with Crippen LogP contribution in [0.15, 0.2) is 65.1 Å². The van der Waals surface area contributed by atoms with Crippen molar-refractivity contribution >= 4 is 34.1 Å². The fourth-order valence-electron chi connectivity index (χ4n) is 13.9. The molecule has 3 aromatic rings. The number of hydrogen-bond acceptors (Lipinski definition) is 10. The van der Waals surface area contributed by atoms with Crippen molar-refractivity contribution in [3.63, 3.8) is 0 Å². The molecule has 13 heteroatoms. The Bertz CT molecular complexity index is 2590. The Morgan fingerprint density at radius 3 is 2.55 bits per heavy atom. The van der Waals surface area contributed by atoms with Crippen molar-refractivity contribution in [1.82, 2.24) is 9.88 Å². The number of carbonyl (C=O) groups excluding carboxylic acids is 3. The Kier molecular flexibility index (Phi) is 10.8. The Labute approximate surface area is 378 Å². The number of carbonyl (C=O) groups is 3. The first-order valence-corrected chi connectivity index (χ1v) is 23.8. The number of aliphatic hydroxyl groups excluding tert-OH is 1. The van der Waals surface area contributed by atoms with Crippen LogP contribution in [-0.4, -0.2) is 89.1 Å². The van der Waals surface area contributed by atoms with Gasteiger partial charge in [-0.1, -0.05) is 49.8 Å². The molecule has 2 aromatic carbocycles. The summed E-state index contributed by atoms with van der Waals surface area (Å²) in [7, 11) is 1.49. The summed E-state index contributed by atoms with van der Waals surface area (Å²) in [4.78, 5) is 56.6. The van der Waals surface area contributed by atoms with Gasteiger partial charge in [0.1, 0.15) is 16.9 Å². The number of nitrogens with zero attached hydrogens (tertiary/aromatic N) is 2. The van der Waals surface area contributed by atoms with E-state index in [0.29, 0.717) is 79.2 Å². The summed E-state index contributed by atoms with van der Waals surface area (Å²) in [6.07, 6.45) is 10.4. The predicted octanol–water partition coefficient (Wildman–Crippen LogP) is 6.92. The van der Waals surface area contributed by atoms with Gasteiger partial charge in [0.25, 0.3) is 0 Å². The second kappa shape index (κ2) is 16.0. The number of aliphatic hydroxyl groups is 2. The highest BCUT2D eigenvalue weighted by Crippen LogP contribution is 2.71. The van der Waals surface area contributed by atoms with E-state index in [1.54, 1.807) is 13.0 Å². The number of piperidine rings is 1. The lowest BCUT2D eigenvalue weighted by Crippen LogP contribution is -2.69. The number of methoxy groups -OCH3 is 1. The molecular formula is C52H61F2N3O8. The van der Waals surface area contributed by atoms with E-state index in [1.165, 1.54) is 31.5 Å². The molecule has 0 amide bonds. The number of ether oxygens (including phenoxy) is 2. The third-order valence-electron chi connectivity index (χ3n) is 17.4. The lowest BCUT2D eigenvalue weighted by molar-refractivity contribution is -0.218. The first kappa shape index (κ1) is 44.1. The SMILES string of the molecule is COc1c(N2C[C@H]3CCCN[C@H]3C2)c(F)cc2c(=O)c(C(=O)OCCCc3ccccc3CC(=O)[C@@]3(O)[C@H](C)C[C@H]4[C@@H]5CCC6=CC(=O)C=C[C@]6(C)[C@@]5(F)[C@@H](O)C[C@@]43C)cn(C3CC3)c12. The molecular weight excluding hydrogens is 833 g/mol. The number of aromatic nitrogens is 1. The Morgan fingerprint density at radius 2 is 1.82 bits per heavy atom. The van der Waals surface area contributed by atoms with Crippen molar-refractivity contribution in [3.05, 3.63) is 93.1 Å². The summed E-state index contributed by atoms with van der Waals surface area (Å²) in [5.74, 6) is -2.72. The standard InChI is InChI=1S/C52H61F2N3O8/c1-29-21-39-38-16-13-33-23-35(58)17-18-49(33,2)51(38,54)43(60)25-50(39,3)52(29,63)42(59)22-31-10-6-5-9-30(31)12-8-20-65-48(62)37-27-57(34-14-15-34)44-36(46(37)61)24-40(53)45(47(44)64-4)56-26-32-11-7-19-55-41(32)28-56/h5-6,9-10,17-18,23-24,27,29,32,34,38-39,41,43,55,60,63H,7-8,11-16,19-22,25-26,28H2,1-4H3/t29-,32-,38+,39+,41+,43+,49+,50+,51+,52+/m1/s1.